The molecule has 86 heavy (non-hydrogen) atoms. The van der Waals surface area contributed by atoms with Crippen LogP contribution in [0.25, 0.3) is 0 Å². The van der Waals surface area contributed by atoms with Crippen LogP contribution in [0.5, 0.6) is 0 Å². The average molecular weight is 1230 g/mol. The number of carboxylic acids is 3. The van der Waals surface area contributed by atoms with Gasteiger partial charge in [0.15, 0.2) is 0 Å². The summed E-state index contributed by atoms with van der Waals surface area (Å²) in [5.41, 5.74) is 10.9. The van der Waals surface area contributed by atoms with E-state index in [4.69, 9.17) is 16.6 Å². The monoisotopic (exact) mass is 1230 g/mol. The van der Waals surface area contributed by atoms with Crippen LogP contribution in [0.3, 0.4) is 0 Å². The van der Waals surface area contributed by atoms with Gasteiger partial charge in [-0.25, -0.2) is 0 Å². The van der Waals surface area contributed by atoms with Crippen molar-refractivity contribution in [2.45, 2.75) is 207 Å². The minimum absolute atomic E-state index is 0.0177. The second-order valence-electron chi connectivity index (χ2n) is 22.8. The summed E-state index contributed by atoms with van der Waals surface area (Å²) in [4.78, 5) is 194. The lowest BCUT2D eigenvalue weighted by Gasteiger charge is -2.30. The van der Waals surface area contributed by atoms with E-state index >= 15 is 0 Å². The molecule has 0 aliphatic rings. The van der Waals surface area contributed by atoms with Crippen molar-refractivity contribution in [3.05, 3.63) is 0 Å². The van der Waals surface area contributed by atoms with Gasteiger partial charge in [0.2, 0.25) is 70.9 Å². The molecule has 0 saturated heterocycles. The number of aliphatic carboxylic acids is 3. The average Bonchev–Trinajstić information content (AvgIpc) is 3.57. The maximum Gasteiger partial charge on any atom is 0.322 e. The van der Waals surface area contributed by atoms with Gasteiger partial charge in [-0.05, 0) is 75.5 Å². The molecule has 0 aromatic rings. The molecule has 0 spiro atoms. The van der Waals surface area contributed by atoms with Gasteiger partial charge in [0.1, 0.15) is 60.9 Å². The van der Waals surface area contributed by atoms with E-state index in [9.17, 15) is 87.2 Å². The van der Waals surface area contributed by atoms with E-state index in [0.717, 1.165) is 0 Å². The maximum absolute atomic E-state index is 13.9. The highest BCUT2D eigenvalue weighted by molar-refractivity contribution is 5.99. The normalized spacial score (nSPS) is 15.4. The van der Waals surface area contributed by atoms with E-state index < -0.39 is 200 Å². The van der Waals surface area contributed by atoms with Crippen LogP contribution in [-0.2, 0) is 71.9 Å². The molecule has 32 nitrogen and oxygen atoms in total. The number of hydrogen-bond acceptors (Lipinski definition) is 17. The highest BCUT2D eigenvalue weighted by Gasteiger charge is 2.38. The standard InChI is InChI=1S/C54H93N13O19/c1-13-28(10)43(66-51(83)36(21-40(73)74)61-46(78)31(55)14-16-37(56)69)53(85)63-33(18-24(2)3)48(80)57-22-38(70)59-29(11)45(77)65-42(27(8)9)52(84)67-44(30(12)68)54(86)64-35(20-26(6)7)50(82)62-34(19-25(4)5)49(81)60-32(15-17-39(71)72)47(79)58-23-41(75)76/h24-36,42-44,68H,13-23,55H2,1-12H3,(H2,56,69)(H,57,80)(H,58,79)(H,59,70)(H,60,81)(H,61,78)(H,62,82)(H,63,85)(H,64,86)(H,65,77)(H,66,83)(H,67,84)(H,71,72)(H,73,74)(H,75,76)/t28-,29-,30+,31-,32-,33-,34-,35-,36-,42-,43-,44-/m0/s1. The quantitative estimate of drug-likeness (QED) is 0.0276. The first-order valence-corrected chi connectivity index (χ1v) is 28.5. The zero-order chi connectivity index (χ0) is 66.5. The zero-order valence-electron chi connectivity index (χ0n) is 51.1. The van der Waals surface area contributed by atoms with Crippen molar-refractivity contribution in [3.63, 3.8) is 0 Å². The van der Waals surface area contributed by atoms with E-state index in [1.54, 1.807) is 69.2 Å². The van der Waals surface area contributed by atoms with Gasteiger partial charge < -0.3 is 90.4 Å². The van der Waals surface area contributed by atoms with Gasteiger partial charge in [-0.1, -0.05) is 75.7 Å². The minimum atomic E-state index is -1.75. The molecule has 0 fully saturated rings. The lowest BCUT2D eigenvalue weighted by Crippen LogP contribution is -2.62. The Labute approximate surface area is 499 Å². The van der Waals surface area contributed by atoms with Crippen molar-refractivity contribution < 1.29 is 92.3 Å². The molecule has 0 aliphatic heterocycles. The molecule has 0 aromatic heterocycles. The summed E-state index contributed by atoms with van der Waals surface area (Å²) in [5.74, 6) is -17.4. The van der Waals surface area contributed by atoms with Crippen molar-refractivity contribution in [2.75, 3.05) is 13.1 Å². The molecule has 488 valence electrons. The van der Waals surface area contributed by atoms with Gasteiger partial charge in [-0.2, -0.15) is 0 Å². The molecule has 0 aliphatic carbocycles. The molecule has 0 radical (unpaired) electrons. The number of aliphatic hydroxyl groups excluding tert-OH is 1. The molecule has 19 N–H and O–H groups in total. The number of hydrogen-bond donors (Lipinski definition) is 17. The third-order valence-electron chi connectivity index (χ3n) is 13.1. The van der Waals surface area contributed by atoms with E-state index in [1.807, 2.05) is 0 Å². The predicted octanol–water partition coefficient (Wildman–Crippen LogP) is -4.16. The number of primary amides is 1. The first-order valence-electron chi connectivity index (χ1n) is 28.5. The largest absolute Gasteiger partial charge is 0.481 e. The molecule has 0 aromatic carbocycles. The summed E-state index contributed by atoms with van der Waals surface area (Å²) in [7, 11) is 0. The second kappa shape index (κ2) is 38.8. The SMILES string of the molecule is CC[C@H](C)[C@H](NC(=O)[C@H](CC(=O)O)NC(=O)[C@@H](N)CCC(N)=O)C(=O)N[C@@H](CC(C)C)C(=O)NCC(=O)N[C@@H](C)C(=O)N[C@H](C(=O)N[C@H](C(=O)N[C@@H](CC(C)C)C(=O)N[C@@H](CC(C)C)C(=O)N[C@@H](CCC(=O)O)C(=O)NCC(=O)O)[C@@H](C)O)C(C)C. The Kier molecular flexibility index (Phi) is 35.2. The van der Waals surface area contributed by atoms with E-state index in [1.165, 1.54) is 13.8 Å². The molecular formula is C54H93N13O19. The number of amides is 12. The van der Waals surface area contributed by atoms with Crippen molar-refractivity contribution in [2.24, 2.45) is 41.1 Å². The molecule has 12 atom stereocenters. The van der Waals surface area contributed by atoms with E-state index in [0.29, 0.717) is 6.42 Å². The van der Waals surface area contributed by atoms with Gasteiger partial charge in [0.25, 0.3) is 0 Å². The first kappa shape index (κ1) is 78.0. The van der Waals surface area contributed by atoms with Crippen molar-refractivity contribution in [3.8, 4) is 0 Å². The highest BCUT2D eigenvalue weighted by Crippen LogP contribution is 2.14. The van der Waals surface area contributed by atoms with Gasteiger partial charge >= 0.3 is 17.9 Å². The second-order valence-corrected chi connectivity index (χ2v) is 22.8. The summed E-state index contributed by atoms with van der Waals surface area (Å²) in [6.45, 7) is 17.6. The Hall–Kier alpha value is -8.03. The first-order chi connectivity index (χ1) is 39.8. The van der Waals surface area contributed by atoms with Crippen LogP contribution in [0.4, 0.5) is 0 Å². The Balaban J connectivity index is 6.20. The molecule has 0 saturated carbocycles. The molecular weight excluding hydrogens is 1130 g/mol. The van der Waals surface area contributed by atoms with Crippen LogP contribution in [0, 0.1) is 29.6 Å². The summed E-state index contributed by atoms with van der Waals surface area (Å²) in [5, 5.41) is 64.9. The third kappa shape index (κ3) is 30.7. The molecule has 12 amide bonds. The number of carbonyl (C=O) groups is 15. The Morgan fingerprint density at radius 1 is 0.407 bits per heavy atom. The number of nitrogens with one attached hydrogen (secondary N) is 11. The Morgan fingerprint density at radius 2 is 0.814 bits per heavy atom. The summed E-state index contributed by atoms with van der Waals surface area (Å²) < 4.78 is 0. The fourth-order valence-corrected chi connectivity index (χ4v) is 8.16. The number of nitrogens with two attached hydrogens (primary N) is 2. The van der Waals surface area contributed by atoms with Gasteiger partial charge in [0, 0.05) is 12.8 Å². The number of carbonyl (C=O) groups excluding carboxylic acids is 12. The Morgan fingerprint density at radius 3 is 1.26 bits per heavy atom. The number of rotatable bonds is 41. The molecule has 32 heteroatoms. The van der Waals surface area contributed by atoms with Gasteiger partial charge in [-0.15, -0.1) is 0 Å². The lowest BCUT2D eigenvalue weighted by molar-refractivity contribution is -0.141. The maximum atomic E-state index is 13.9. The highest BCUT2D eigenvalue weighted by atomic mass is 16.4. The van der Waals surface area contributed by atoms with E-state index in [2.05, 4.69) is 58.5 Å². The summed E-state index contributed by atoms with van der Waals surface area (Å²) in [6, 6.07) is -14.5. The van der Waals surface area contributed by atoms with Crippen LogP contribution in [0.1, 0.15) is 141 Å². The van der Waals surface area contributed by atoms with Crippen LogP contribution in [-0.4, -0.2) is 189 Å². The van der Waals surface area contributed by atoms with Gasteiger partial charge in [-0.3, -0.25) is 71.9 Å². The molecule has 0 heterocycles. The van der Waals surface area contributed by atoms with Crippen LogP contribution in [0.15, 0.2) is 0 Å². The summed E-state index contributed by atoms with van der Waals surface area (Å²) in [6.07, 6.45) is -3.74. The predicted molar refractivity (Wildman–Crippen MR) is 307 cm³/mol. The van der Waals surface area contributed by atoms with Crippen LogP contribution < -0.4 is 70.0 Å². The topological polar surface area (TPSA) is 521 Å². The minimum Gasteiger partial charge on any atom is -0.481 e. The number of aliphatic hydroxyl groups is 1. The van der Waals surface area contributed by atoms with Crippen molar-refractivity contribution in [1.29, 1.82) is 0 Å². The molecule has 0 bridgehead atoms. The Bertz CT molecular complexity index is 2390. The van der Waals surface area contributed by atoms with Crippen LogP contribution in [0.2, 0.25) is 0 Å². The van der Waals surface area contributed by atoms with Crippen molar-refractivity contribution in [1.82, 2.24) is 58.5 Å². The third-order valence-corrected chi connectivity index (χ3v) is 13.1. The van der Waals surface area contributed by atoms with Gasteiger partial charge in [0.05, 0.1) is 25.1 Å². The fraction of sp³-hybridized carbons (Fsp3) is 0.722. The van der Waals surface area contributed by atoms with Crippen LogP contribution >= 0.6 is 0 Å². The zero-order valence-corrected chi connectivity index (χ0v) is 51.1. The molecule has 0 unspecified atom stereocenters. The fourth-order valence-electron chi connectivity index (χ4n) is 8.16. The van der Waals surface area contributed by atoms with Crippen molar-refractivity contribution >= 4 is 88.8 Å². The molecule has 0 rings (SSSR count). The lowest BCUT2D eigenvalue weighted by atomic mass is 9.96. The number of carboxylic acid groups (broad SMARTS) is 3. The smallest absolute Gasteiger partial charge is 0.322 e. The summed E-state index contributed by atoms with van der Waals surface area (Å²) >= 11 is 0. The van der Waals surface area contributed by atoms with E-state index in [-0.39, 0.29) is 49.9 Å².